The first kappa shape index (κ1) is 24.0. The van der Waals surface area contributed by atoms with E-state index in [0.29, 0.717) is 12.4 Å². The monoisotopic (exact) mass is 476 g/mol. The van der Waals surface area contributed by atoms with Gasteiger partial charge in [0.25, 0.3) is 0 Å². The number of ether oxygens (including phenoxy) is 1. The third kappa shape index (κ3) is 5.52. The molecule has 182 valence electrons. The first-order valence-electron chi connectivity index (χ1n) is 11.3. The number of aliphatic hydroxyl groups is 1. The minimum absolute atomic E-state index is 0.0518. The zero-order valence-electron chi connectivity index (χ0n) is 19.9. The van der Waals surface area contributed by atoms with E-state index in [9.17, 15) is 9.59 Å². The van der Waals surface area contributed by atoms with Crippen LogP contribution in [0.2, 0.25) is 0 Å². The third-order valence-corrected chi connectivity index (χ3v) is 5.82. The van der Waals surface area contributed by atoms with E-state index in [0.717, 1.165) is 49.5 Å². The van der Waals surface area contributed by atoms with Crippen LogP contribution in [0.1, 0.15) is 27.9 Å². The Hall–Kier alpha value is -4.11. The smallest absolute Gasteiger partial charge is 0.440 e. The lowest BCUT2D eigenvalue weighted by Crippen LogP contribution is -2.17. The van der Waals surface area contributed by atoms with Gasteiger partial charge in [-0.25, -0.2) is 19.6 Å². The predicted molar refractivity (Wildman–Crippen MR) is 133 cm³/mol. The molecule has 0 saturated heterocycles. The molecule has 0 atom stereocenters. The average molecular weight is 477 g/mol. The lowest BCUT2D eigenvalue weighted by Gasteiger charge is -2.16. The van der Waals surface area contributed by atoms with Crippen molar-refractivity contribution in [3.8, 4) is 17.0 Å². The van der Waals surface area contributed by atoms with E-state index in [1.165, 1.54) is 0 Å². The zero-order chi connectivity index (χ0) is 24.9. The van der Waals surface area contributed by atoms with Crippen molar-refractivity contribution < 1.29 is 14.4 Å². The Morgan fingerprint density at radius 3 is 2.54 bits per heavy atom. The number of aromatic nitrogens is 3. The Kier molecular flexibility index (Phi) is 7.17. The van der Waals surface area contributed by atoms with Crippen molar-refractivity contribution in [2.75, 3.05) is 18.5 Å². The molecular weight excluding hydrogens is 448 g/mol. The fraction of sp³-hybridized carbons (Fsp3) is 0.269. The highest BCUT2D eigenvalue weighted by Gasteiger charge is 2.13. The molecule has 0 unspecified atom stereocenters. The van der Waals surface area contributed by atoms with E-state index in [2.05, 4.69) is 40.4 Å². The summed E-state index contributed by atoms with van der Waals surface area (Å²) in [5.74, 6) is -0.222. The van der Waals surface area contributed by atoms with Crippen molar-refractivity contribution in [1.29, 1.82) is 0 Å². The van der Waals surface area contributed by atoms with Gasteiger partial charge in [-0.15, -0.1) is 4.74 Å². The number of nitrogens with zero attached hydrogens (tertiary/aromatic N) is 2. The Balaban J connectivity index is 1.48. The van der Waals surface area contributed by atoms with Crippen LogP contribution in [0.15, 0.2) is 62.6 Å². The van der Waals surface area contributed by atoms with Crippen molar-refractivity contribution in [2.45, 2.75) is 33.9 Å². The van der Waals surface area contributed by atoms with Crippen molar-refractivity contribution >= 4 is 5.69 Å². The molecule has 0 aliphatic heterocycles. The SMILES string of the molecule is Cc1cc(-c2cccc(CNc3ccc(Cn4oc(=O)[nH]c4=O)cc3)c2C)c(C)nc1OCCO. The van der Waals surface area contributed by atoms with Crippen LogP contribution in [0.5, 0.6) is 5.88 Å². The van der Waals surface area contributed by atoms with Crippen LogP contribution in [-0.2, 0) is 13.1 Å². The molecular formula is C26H28N4O5. The van der Waals surface area contributed by atoms with Crippen LogP contribution < -0.4 is 21.5 Å². The number of rotatable bonds is 9. The molecule has 4 rings (SSSR count). The average Bonchev–Trinajstić information content (AvgIpc) is 3.16. The number of pyridine rings is 1. The number of benzene rings is 2. The largest absolute Gasteiger partial charge is 0.475 e. The number of H-pyrrole nitrogens is 1. The summed E-state index contributed by atoms with van der Waals surface area (Å²) in [6.45, 7) is 6.98. The Morgan fingerprint density at radius 2 is 1.86 bits per heavy atom. The van der Waals surface area contributed by atoms with Crippen molar-refractivity contribution in [1.82, 2.24) is 14.7 Å². The van der Waals surface area contributed by atoms with Gasteiger partial charge in [-0.05, 0) is 61.2 Å². The summed E-state index contributed by atoms with van der Waals surface area (Å²) in [5.41, 5.74) is 7.46. The molecule has 2 heterocycles. The van der Waals surface area contributed by atoms with Crippen LogP contribution in [0.25, 0.3) is 11.1 Å². The second-order valence-electron chi connectivity index (χ2n) is 8.30. The molecule has 0 fully saturated rings. The summed E-state index contributed by atoms with van der Waals surface area (Å²) in [7, 11) is 0. The molecule has 0 bridgehead atoms. The Labute approximate surface area is 202 Å². The lowest BCUT2D eigenvalue weighted by molar-refractivity contribution is 0.195. The summed E-state index contributed by atoms with van der Waals surface area (Å²) in [6, 6.07) is 15.9. The quantitative estimate of drug-likeness (QED) is 0.339. The summed E-state index contributed by atoms with van der Waals surface area (Å²) in [6.07, 6.45) is 0. The number of aromatic amines is 1. The van der Waals surface area contributed by atoms with E-state index in [1.54, 1.807) is 0 Å². The number of hydrogen-bond donors (Lipinski definition) is 3. The highest BCUT2D eigenvalue weighted by molar-refractivity contribution is 5.71. The van der Waals surface area contributed by atoms with Gasteiger partial charge in [-0.3, -0.25) is 0 Å². The molecule has 0 aliphatic carbocycles. The number of aliphatic hydroxyl groups excluding tert-OH is 1. The molecule has 35 heavy (non-hydrogen) atoms. The molecule has 0 spiro atoms. The molecule has 9 nitrogen and oxygen atoms in total. The summed E-state index contributed by atoms with van der Waals surface area (Å²) in [5, 5.41) is 12.5. The maximum absolute atomic E-state index is 11.6. The van der Waals surface area contributed by atoms with E-state index >= 15 is 0 Å². The minimum atomic E-state index is -0.766. The molecule has 2 aromatic carbocycles. The zero-order valence-corrected chi connectivity index (χ0v) is 19.9. The molecule has 9 heteroatoms. The normalized spacial score (nSPS) is 11.0. The third-order valence-electron chi connectivity index (χ3n) is 5.82. The van der Waals surface area contributed by atoms with E-state index in [1.807, 2.05) is 44.2 Å². The number of nitrogens with one attached hydrogen (secondary N) is 2. The van der Waals surface area contributed by atoms with Crippen molar-refractivity contribution in [3.05, 3.63) is 97.5 Å². The van der Waals surface area contributed by atoms with Gasteiger partial charge < -0.3 is 19.7 Å². The van der Waals surface area contributed by atoms with Gasteiger partial charge in [0.05, 0.1) is 13.2 Å². The molecule has 4 aromatic rings. The summed E-state index contributed by atoms with van der Waals surface area (Å²) in [4.78, 5) is 29.4. The second kappa shape index (κ2) is 10.4. The van der Waals surface area contributed by atoms with Gasteiger partial charge in [-0.2, -0.15) is 0 Å². The first-order valence-corrected chi connectivity index (χ1v) is 11.3. The van der Waals surface area contributed by atoms with E-state index in [-0.39, 0.29) is 19.8 Å². The van der Waals surface area contributed by atoms with Gasteiger partial charge in [-0.1, -0.05) is 30.3 Å². The maximum Gasteiger partial charge on any atom is 0.440 e. The minimum Gasteiger partial charge on any atom is -0.475 e. The van der Waals surface area contributed by atoms with Crippen molar-refractivity contribution in [2.24, 2.45) is 0 Å². The molecule has 0 aliphatic rings. The van der Waals surface area contributed by atoms with Gasteiger partial charge in [0.2, 0.25) is 5.88 Å². The maximum atomic E-state index is 11.6. The number of anilines is 1. The van der Waals surface area contributed by atoms with E-state index < -0.39 is 11.4 Å². The Bertz CT molecular complexity index is 1430. The van der Waals surface area contributed by atoms with Gasteiger partial charge in [0, 0.05) is 29.1 Å². The molecule has 3 N–H and O–H groups in total. The summed E-state index contributed by atoms with van der Waals surface area (Å²) >= 11 is 0. The highest BCUT2D eigenvalue weighted by Crippen LogP contribution is 2.31. The lowest BCUT2D eigenvalue weighted by atomic mass is 9.94. The van der Waals surface area contributed by atoms with Crippen LogP contribution in [0.4, 0.5) is 5.69 Å². The van der Waals surface area contributed by atoms with Gasteiger partial charge in [0.15, 0.2) is 0 Å². The fourth-order valence-corrected chi connectivity index (χ4v) is 3.92. The van der Waals surface area contributed by atoms with Gasteiger partial charge >= 0.3 is 11.4 Å². The molecule has 0 radical (unpaired) electrons. The first-order chi connectivity index (χ1) is 16.9. The topological polar surface area (TPSA) is 122 Å². The van der Waals surface area contributed by atoms with Crippen molar-refractivity contribution in [3.63, 3.8) is 0 Å². The number of aryl methyl sites for hydroxylation is 2. The van der Waals surface area contributed by atoms with Crippen LogP contribution in [-0.4, -0.2) is 33.0 Å². The molecule has 0 amide bonds. The molecule has 0 saturated carbocycles. The number of hydrogen-bond acceptors (Lipinski definition) is 7. The fourth-order valence-electron chi connectivity index (χ4n) is 3.92. The second-order valence-corrected chi connectivity index (χ2v) is 8.30. The van der Waals surface area contributed by atoms with Crippen LogP contribution >= 0.6 is 0 Å². The van der Waals surface area contributed by atoms with Crippen LogP contribution in [0, 0.1) is 20.8 Å². The van der Waals surface area contributed by atoms with Crippen LogP contribution in [0.3, 0.4) is 0 Å². The Morgan fingerprint density at radius 1 is 1.09 bits per heavy atom. The predicted octanol–water partition coefficient (Wildman–Crippen LogP) is 3.15. The molecule has 2 aromatic heterocycles. The highest BCUT2D eigenvalue weighted by atomic mass is 16.5. The standard InChI is InChI=1S/C26H28N4O5/c1-16-13-23(18(3)28-24(16)34-12-11-31)22-6-4-5-20(17(22)2)14-27-21-9-7-19(8-10-21)15-30-25(32)29-26(33)35-30/h4-10,13,27,31H,11-12,14-15H2,1-3H3,(H,29,32,33). The van der Waals surface area contributed by atoms with Gasteiger partial charge in [0.1, 0.15) is 6.61 Å². The van der Waals surface area contributed by atoms with E-state index in [4.69, 9.17) is 14.4 Å². The summed E-state index contributed by atoms with van der Waals surface area (Å²) < 4.78 is 11.3.